The number of aryl methyl sites for hydroxylation is 1. The Morgan fingerprint density at radius 1 is 1.42 bits per heavy atom. The summed E-state index contributed by atoms with van der Waals surface area (Å²) in [6.45, 7) is 4.04. The SMILES string of the molecule is CC(C)C(N)CC(=O)OC1CCCc2ccccc21. The predicted octanol–water partition coefficient (Wildman–Crippen LogP) is 2.98. The summed E-state index contributed by atoms with van der Waals surface area (Å²) in [5.74, 6) is 0.120. The van der Waals surface area contributed by atoms with E-state index in [0.29, 0.717) is 12.3 Å². The van der Waals surface area contributed by atoms with Gasteiger partial charge in [0.05, 0.1) is 6.42 Å². The zero-order valence-corrected chi connectivity index (χ0v) is 11.8. The van der Waals surface area contributed by atoms with E-state index in [1.54, 1.807) is 0 Å². The van der Waals surface area contributed by atoms with Crippen LogP contribution >= 0.6 is 0 Å². The lowest BCUT2D eigenvalue weighted by molar-refractivity contribution is -0.150. The summed E-state index contributed by atoms with van der Waals surface area (Å²) in [5.41, 5.74) is 8.39. The minimum absolute atomic E-state index is 0.0863. The average Bonchev–Trinajstić information content (AvgIpc) is 2.39. The topological polar surface area (TPSA) is 52.3 Å². The Balaban J connectivity index is 1.99. The van der Waals surface area contributed by atoms with Crippen molar-refractivity contribution in [1.82, 2.24) is 0 Å². The second-order valence-corrected chi connectivity index (χ2v) is 5.68. The Morgan fingerprint density at radius 2 is 2.16 bits per heavy atom. The van der Waals surface area contributed by atoms with Crippen LogP contribution in [0.1, 0.15) is 50.3 Å². The average molecular weight is 261 g/mol. The lowest BCUT2D eigenvalue weighted by atomic mass is 9.89. The molecule has 0 aromatic heterocycles. The van der Waals surface area contributed by atoms with Crippen molar-refractivity contribution in [1.29, 1.82) is 0 Å². The molecule has 3 nitrogen and oxygen atoms in total. The Bertz CT molecular complexity index is 442. The summed E-state index contributed by atoms with van der Waals surface area (Å²) in [5, 5.41) is 0. The number of benzene rings is 1. The molecule has 0 amide bonds. The lowest BCUT2D eigenvalue weighted by Crippen LogP contribution is -2.30. The van der Waals surface area contributed by atoms with Crippen LogP contribution in [0.2, 0.25) is 0 Å². The molecule has 1 aromatic rings. The van der Waals surface area contributed by atoms with Crippen LogP contribution in [0.5, 0.6) is 0 Å². The molecule has 104 valence electrons. The number of hydrogen-bond donors (Lipinski definition) is 1. The largest absolute Gasteiger partial charge is 0.457 e. The standard InChI is InChI=1S/C16H23NO2/c1-11(2)14(17)10-16(18)19-15-9-5-7-12-6-3-4-8-13(12)15/h3-4,6,8,11,14-15H,5,7,9-10,17H2,1-2H3. The van der Waals surface area contributed by atoms with E-state index in [1.807, 2.05) is 26.0 Å². The summed E-state index contributed by atoms with van der Waals surface area (Å²) >= 11 is 0. The third-order valence-electron chi connectivity index (χ3n) is 3.85. The minimum Gasteiger partial charge on any atom is -0.457 e. The molecule has 2 rings (SSSR count). The van der Waals surface area contributed by atoms with Crippen molar-refractivity contribution in [2.24, 2.45) is 11.7 Å². The highest BCUT2D eigenvalue weighted by Crippen LogP contribution is 2.32. The van der Waals surface area contributed by atoms with Gasteiger partial charge in [0, 0.05) is 6.04 Å². The molecule has 0 saturated heterocycles. The number of rotatable bonds is 4. The van der Waals surface area contributed by atoms with Gasteiger partial charge in [-0.05, 0) is 36.3 Å². The highest BCUT2D eigenvalue weighted by Gasteiger charge is 2.24. The van der Waals surface area contributed by atoms with E-state index in [1.165, 1.54) is 11.1 Å². The van der Waals surface area contributed by atoms with Gasteiger partial charge in [-0.25, -0.2) is 0 Å². The van der Waals surface area contributed by atoms with E-state index >= 15 is 0 Å². The monoisotopic (exact) mass is 261 g/mol. The quantitative estimate of drug-likeness (QED) is 0.848. The summed E-state index contributed by atoms with van der Waals surface area (Å²) < 4.78 is 5.62. The molecular formula is C16H23NO2. The van der Waals surface area contributed by atoms with Crippen LogP contribution in [-0.4, -0.2) is 12.0 Å². The maximum atomic E-state index is 11.9. The van der Waals surface area contributed by atoms with Crippen molar-refractivity contribution in [3.05, 3.63) is 35.4 Å². The van der Waals surface area contributed by atoms with Crippen molar-refractivity contribution in [2.75, 3.05) is 0 Å². The fraction of sp³-hybridized carbons (Fsp3) is 0.562. The van der Waals surface area contributed by atoms with Crippen molar-refractivity contribution >= 4 is 5.97 Å². The van der Waals surface area contributed by atoms with Crippen LogP contribution in [0.4, 0.5) is 0 Å². The van der Waals surface area contributed by atoms with Crippen LogP contribution in [0.3, 0.4) is 0 Å². The smallest absolute Gasteiger partial charge is 0.307 e. The second kappa shape index (κ2) is 6.20. The molecule has 3 heteroatoms. The fourth-order valence-electron chi connectivity index (χ4n) is 2.47. The Kier molecular flexibility index (Phi) is 4.59. The molecule has 0 bridgehead atoms. The molecule has 2 unspecified atom stereocenters. The molecule has 0 saturated carbocycles. The van der Waals surface area contributed by atoms with Gasteiger partial charge in [0.25, 0.3) is 0 Å². The van der Waals surface area contributed by atoms with Gasteiger partial charge < -0.3 is 10.5 Å². The zero-order valence-electron chi connectivity index (χ0n) is 11.8. The first-order chi connectivity index (χ1) is 9.08. The third kappa shape index (κ3) is 3.57. The van der Waals surface area contributed by atoms with Gasteiger partial charge in [0.1, 0.15) is 6.10 Å². The molecule has 0 radical (unpaired) electrons. The molecule has 1 aliphatic rings. The van der Waals surface area contributed by atoms with Gasteiger partial charge >= 0.3 is 5.97 Å². The van der Waals surface area contributed by atoms with Crippen molar-refractivity contribution in [3.8, 4) is 0 Å². The maximum Gasteiger partial charge on any atom is 0.307 e. The van der Waals surface area contributed by atoms with Crippen LogP contribution in [0.25, 0.3) is 0 Å². The van der Waals surface area contributed by atoms with E-state index in [-0.39, 0.29) is 18.1 Å². The van der Waals surface area contributed by atoms with E-state index in [9.17, 15) is 4.79 Å². The summed E-state index contributed by atoms with van der Waals surface area (Å²) in [6, 6.07) is 8.11. The van der Waals surface area contributed by atoms with Crippen molar-refractivity contribution in [2.45, 2.75) is 51.7 Å². The first kappa shape index (κ1) is 14.1. The lowest BCUT2D eigenvalue weighted by Gasteiger charge is -2.26. The van der Waals surface area contributed by atoms with Crippen molar-refractivity contribution in [3.63, 3.8) is 0 Å². The van der Waals surface area contributed by atoms with Gasteiger partial charge in [-0.15, -0.1) is 0 Å². The minimum atomic E-state index is -0.178. The van der Waals surface area contributed by atoms with Crippen LogP contribution in [0.15, 0.2) is 24.3 Å². The van der Waals surface area contributed by atoms with E-state index < -0.39 is 0 Å². The fourth-order valence-corrected chi connectivity index (χ4v) is 2.47. The number of fused-ring (bicyclic) bond motifs is 1. The van der Waals surface area contributed by atoms with Crippen molar-refractivity contribution < 1.29 is 9.53 Å². The zero-order chi connectivity index (χ0) is 13.8. The number of hydrogen-bond acceptors (Lipinski definition) is 3. The molecule has 2 atom stereocenters. The molecular weight excluding hydrogens is 238 g/mol. The summed E-state index contributed by atoms with van der Waals surface area (Å²) in [7, 11) is 0. The second-order valence-electron chi connectivity index (χ2n) is 5.68. The molecule has 1 aromatic carbocycles. The Morgan fingerprint density at radius 3 is 2.89 bits per heavy atom. The highest BCUT2D eigenvalue weighted by atomic mass is 16.5. The Labute approximate surface area is 115 Å². The van der Waals surface area contributed by atoms with Crippen LogP contribution < -0.4 is 5.73 Å². The van der Waals surface area contributed by atoms with E-state index in [4.69, 9.17) is 10.5 Å². The highest BCUT2D eigenvalue weighted by molar-refractivity contribution is 5.70. The number of carbonyl (C=O) groups excluding carboxylic acids is 1. The van der Waals surface area contributed by atoms with Gasteiger partial charge in [-0.2, -0.15) is 0 Å². The van der Waals surface area contributed by atoms with Crippen LogP contribution in [0, 0.1) is 5.92 Å². The predicted molar refractivity (Wildman–Crippen MR) is 75.6 cm³/mol. The Hall–Kier alpha value is -1.35. The van der Waals surface area contributed by atoms with Gasteiger partial charge in [0.15, 0.2) is 0 Å². The molecule has 0 aliphatic heterocycles. The third-order valence-corrected chi connectivity index (χ3v) is 3.85. The van der Waals surface area contributed by atoms with E-state index in [0.717, 1.165) is 19.3 Å². The van der Waals surface area contributed by atoms with Gasteiger partial charge in [0.2, 0.25) is 0 Å². The first-order valence-corrected chi connectivity index (χ1v) is 7.10. The van der Waals surface area contributed by atoms with E-state index in [2.05, 4.69) is 12.1 Å². The number of carbonyl (C=O) groups is 1. The van der Waals surface area contributed by atoms with Gasteiger partial charge in [-0.1, -0.05) is 38.1 Å². The summed E-state index contributed by atoms with van der Waals surface area (Å²) in [6.07, 6.45) is 3.29. The first-order valence-electron chi connectivity index (χ1n) is 7.10. The number of esters is 1. The number of ether oxygens (including phenoxy) is 1. The number of nitrogens with two attached hydrogens (primary N) is 1. The summed E-state index contributed by atoms with van der Waals surface area (Å²) in [4.78, 5) is 11.9. The molecule has 0 spiro atoms. The molecule has 0 heterocycles. The molecule has 0 fully saturated rings. The maximum absolute atomic E-state index is 11.9. The molecule has 2 N–H and O–H groups in total. The molecule has 19 heavy (non-hydrogen) atoms. The van der Waals surface area contributed by atoms with Crippen LogP contribution in [-0.2, 0) is 16.0 Å². The van der Waals surface area contributed by atoms with Gasteiger partial charge in [-0.3, -0.25) is 4.79 Å². The molecule has 1 aliphatic carbocycles. The normalized spacial score (nSPS) is 19.9.